The second-order valence-corrected chi connectivity index (χ2v) is 11.1. The van der Waals surface area contributed by atoms with Crippen molar-refractivity contribution in [1.29, 1.82) is 0 Å². The van der Waals surface area contributed by atoms with Crippen LogP contribution in [0.25, 0.3) is 0 Å². The van der Waals surface area contributed by atoms with Gasteiger partial charge in [-0.3, -0.25) is 14.5 Å². The van der Waals surface area contributed by atoms with E-state index in [0.29, 0.717) is 36.6 Å². The fraction of sp³-hybridized carbons (Fsp3) is 0.344. The summed E-state index contributed by atoms with van der Waals surface area (Å²) in [4.78, 5) is 30.1. The molecule has 0 saturated carbocycles. The predicted molar refractivity (Wildman–Crippen MR) is 163 cm³/mol. The molecule has 0 fully saturated rings. The highest BCUT2D eigenvalue weighted by Crippen LogP contribution is 2.31. The molecule has 44 heavy (non-hydrogen) atoms. The van der Waals surface area contributed by atoms with Crippen LogP contribution in [0.4, 0.5) is 5.69 Å². The number of aromatic nitrogens is 4. The minimum atomic E-state index is -0.399. The van der Waals surface area contributed by atoms with Crippen LogP contribution in [0.15, 0.2) is 79.1 Å². The van der Waals surface area contributed by atoms with Crippen molar-refractivity contribution in [1.82, 2.24) is 30.0 Å². The molecule has 0 radical (unpaired) electrons. The number of hydrogen-bond acceptors (Lipinski definition) is 9. The van der Waals surface area contributed by atoms with E-state index in [-0.39, 0.29) is 37.0 Å². The maximum absolute atomic E-state index is 13.7. The lowest BCUT2D eigenvalue weighted by atomic mass is 9.99. The molecule has 12 nitrogen and oxygen atoms in total. The van der Waals surface area contributed by atoms with E-state index in [1.165, 1.54) is 11.0 Å². The fourth-order valence-electron chi connectivity index (χ4n) is 5.09. The quantitative estimate of drug-likeness (QED) is 0.266. The number of fused-ring (bicyclic) bond motifs is 1. The molecule has 0 spiro atoms. The van der Waals surface area contributed by atoms with E-state index in [9.17, 15) is 14.7 Å². The van der Waals surface area contributed by atoms with Crippen molar-refractivity contribution in [2.45, 2.75) is 39.1 Å². The van der Waals surface area contributed by atoms with Crippen molar-refractivity contribution in [2.24, 2.45) is 5.92 Å². The number of carbonyl (C=O) groups excluding carboxylic acids is 2. The highest BCUT2D eigenvalue weighted by molar-refractivity contribution is 5.99. The van der Waals surface area contributed by atoms with Gasteiger partial charge in [-0.2, -0.15) is 0 Å². The number of hydrogen-bond donors (Lipinski definition) is 2. The molecule has 2 heterocycles. The smallest absolute Gasteiger partial charge is 0.258 e. The van der Waals surface area contributed by atoms with Gasteiger partial charge in [0, 0.05) is 31.2 Å². The summed E-state index contributed by atoms with van der Waals surface area (Å²) in [5.74, 6) is 1.34. The van der Waals surface area contributed by atoms with Crippen molar-refractivity contribution in [2.75, 3.05) is 32.1 Å². The topological polar surface area (TPSA) is 135 Å². The van der Waals surface area contributed by atoms with E-state index in [1.54, 1.807) is 23.1 Å². The number of aliphatic hydroxyl groups excluding tert-OH is 1. The molecule has 0 saturated heterocycles. The Balaban J connectivity index is 1.29. The third kappa shape index (κ3) is 7.77. The van der Waals surface area contributed by atoms with Gasteiger partial charge in [-0.1, -0.05) is 37.3 Å². The molecule has 0 unspecified atom stereocenters. The largest absolute Gasteiger partial charge is 0.488 e. The van der Waals surface area contributed by atoms with Crippen LogP contribution in [0.3, 0.4) is 0 Å². The maximum atomic E-state index is 13.7. The highest BCUT2D eigenvalue weighted by Gasteiger charge is 2.33. The standard InChI is InChI=1S/C32H37N7O5/c1-22-16-39(23(2)20-40)32(42)28-15-25(34-31(41)19-38-21-33-35-36-38)11-14-29(28)44-30(22)18-37(3)17-24-9-12-27(13-10-24)43-26-7-5-4-6-8-26/h4-15,21-23,30,40H,16-20H2,1-3H3,(H,34,41)/t22-,23-,30+/m0/s1. The van der Waals surface area contributed by atoms with Crippen molar-refractivity contribution in [3.63, 3.8) is 0 Å². The number of tetrazole rings is 1. The predicted octanol–water partition coefficient (Wildman–Crippen LogP) is 3.46. The third-order valence-electron chi connectivity index (χ3n) is 7.49. The molecule has 1 aromatic heterocycles. The molecule has 4 aromatic rings. The van der Waals surface area contributed by atoms with Crippen LogP contribution in [0.1, 0.15) is 29.8 Å². The van der Waals surface area contributed by atoms with Gasteiger partial charge in [0.25, 0.3) is 5.91 Å². The minimum absolute atomic E-state index is 0.0270. The van der Waals surface area contributed by atoms with Crippen LogP contribution in [0, 0.1) is 5.92 Å². The first-order chi connectivity index (χ1) is 21.3. The number of nitrogens with one attached hydrogen (secondary N) is 1. The van der Waals surface area contributed by atoms with Crippen LogP contribution in [-0.4, -0.2) is 85.8 Å². The van der Waals surface area contributed by atoms with Crippen molar-refractivity contribution in [3.8, 4) is 17.2 Å². The van der Waals surface area contributed by atoms with Crippen molar-refractivity contribution >= 4 is 17.5 Å². The van der Waals surface area contributed by atoms with Crippen LogP contribution in [-0.2, 0) is 17.9 Å². The van der Waals surface area contributed by atoms with Gasteiger partial charge in [0.2, 0.25) is 5.91 Å². The highest BCUT2D eigenvalue weighted by atomic mass is 16.5. The first-order valence-corrected chi connectivity index (χ1v) is 14.5. The number of ether oxygens (including phenoxy) is 2. The Morgan fingerprint density at radius 3 is 2.59 bits per heavy atom. The third-order valence-corrected chi connectivity index (χ3v) is 7.49. The SMILES string of the molecule is C[C@H]1CN([C@@H](C)CO)C(=O)c2cc(NC(=O)Cn3cnnn3)ccc2O[C@@H]1CN(C)Cc1ccc(Oc2ccccc2)cc1. The number of likely N-dealkylation sites (N-methyl/N-ethyl adjacent to an activating group) is 1. The van der Waals surface area contributed by atoms with Gasteiger partial charge in [-0.15, -0.1) is 5.10 Å². The molecule has 3 aromatic carbocycles. The fourth-order valence-corrected chi connectivity index (χ4v) is 5.09. The molecule has 0 aliphatic carbocycles. The average molecular weight is 600 g/mol. The first-order valence-electron chi connectivity index (χ1n) is 14.5. The maximum Gasteiger partial charge on any atom is 0.258 e. The summed E-state index contributed by atoms with van der Waals surface area (Å²) in [6.45, 7) is 5.31. The van der Waals surface area contributed by atoms with Crippen LogP contribution in [0.5, 0.6) is 17.2 Å². The van der Waals surface area contributed by atoms with E-state index in [2.05, 4.69) is 32.7 Å². The zero-order valence-electron chi connectivity index (χ0n) is 25.0. The van der Waals surface area contributed by atoms with Crippen LogP contribution >= 0.6 is 0 Å². The number of nitrogens with zero attached hydrogens (tertiary/aromatic N) is 6. The molecule has 5 rings (SSSR count). The summed E-state index contributed by atoms with van der Waals surface area (Å²) >= 11 is 0. The Labute approximate surface area is 256 Å². The monoisotopic (exact) mass is 599 g/mol. The lowest BCUT2D eigenvalue weighted by molar-refractivity contribution is -0.116. The summed E-state index contributed by atoms with van der Waals surface area (Å²) < 4.78 is 13.7. The number of aliphatic hydroxyl groups is 1. The van der Waals surface area contributed by atoms with Crippen molar-refractivity contribution < 1.29 is 24.2 Å². The normalized spacial score (nSPS) is 17.3. The Bertz CT molecular complexity index is 1530. The average Bonchev–Trinajstić information content (AvgIpc) is 3.53. The molecule has 230 valence electrons. The van der Waals surface area contributed by atoms with E-state index < -0.39 is 6.04 Å². The first kappa shape index (κ1) is 30.6. The lowest BCUT2D eigenvalue weighted by Gasteiger charge is -2.38. The summed E-state index contributed by atoms with van der Waals surface area (Å²) in [5.41, 5.74) is 1.89. The molecular weight excluding hydrogens is 562 g/mol. The summed E-state index contributed by atoms with van der Waals surface area (Å²) in [6.07, 6.45) is 1.10. The van der Waals surface area contributed by atoms with Gasteiger partial charge in [-0.05, 0) is 72.4 Å². The van der Waals surface area contributed by atoms with Crippen molar-refractivity contribution in [3.05, 3.63) is 90.3 Å². The Morgan fingerprint density at radius 2 is 1.89 bits per heavy atom. The van der Waals surface area contributed by atoms with E-state index in [4.69, 9.17) is 9.47 Å². The lowest BCUT2D eigenvalue weighted by Crippen LogP contribution is -2.49. The number of para-hydroxylation sites is 1. The molecule has 0 bridgehead atoms. The Morgan fingerprint density at radius 1 is 1.14 bits per heavy atom. The number of carbonyl (C=O) groups is 2. The van der Waals surface area contributed by atoms with Crippen LogP contribution in [0.2, 0.25) is 0 Å². The number of amides is 2. The van der Waals surface area contributed by atoms with Gasteiger partial charge in [-0.25, -0.2) is 4.68 Å². The number of benzene rings is 3. The second-order valence-electron chi connectivity index (χ2n) is 11.1. The van der Waals surface area contributed by atoms with E-state index in [0.717, 1.165) is 17.1 Å². The summed E-state index contributed by atoms with van der Waals surface area (Å²) in [5, 5.41) is 23.5. The van der Waals surface area contributed by atoms with Gasteiger partial charge >= 0.3 is 0 Å². The summed E-state index contributed by atoms with van der Waals surface area (Å²) in [7, 11) is 2.03. The number of rotatable bonds is 11. The molecule has 1 aliphatic heterocycles. The number of anilines is 1. The minimum Gasteiger partial charge on any atom is -0.488 e. The Hall–Kier alpha value is -4.81. The molecule has 3 atom stereocenters. The molecule has 2 N–H and O–H groups in total. The van der Waals surface area contributed by atoms with Gasteiger partial charge in [0.1, 0.15) is 36.2 Å². The summed E-state index contributed by atoms with van der Waals surface area (Å²) in [6, 6.07) is 22.3. The zero-order valence-corrected chi connectivity index (χ0v) is 25.0. The second kappa shape index (κ2) is 14.1. The molecule has 12 heteroatoms. The Kier molecular flexibility index (Phi) is 9.82. The van der Waals surface area contributed by atoms with E-state index >= 15 is 0 Å². The molecule has 1 aliphatic rings. The molecular formula is C32H37N7O5. The zero-order chi connectivity index (χ0) is 31.1. The molecule has 2 amide bonds. The van der Waals surface area contributed by atoms with Crippen LogP contribution < -0.4 is 14.8 Å². The van der Waals surface area contributed by atoms with Gasteiger partial charge in [0.15, 0.2) is 0 Å². The van der Waals surface area contributed by atoms with E-state index in [1.807, 2.05) is 68.6 Å². The van der Waals surface area contributed by atoms with Gasteiger partial charge in [0.05, 0.1) is 18.2 Å². The van der Waals surface area contributed by atoms with Gasteiger partial charge < -0.3 is 24.8 Å².